The Labute approximate surface area is 185 Å². The highest BCUT2D eigenvalue weighted by molar-refractivity contribution is 5.77. The van der Waals surface area contributed by atoms with Gasteiger partial charge in [0.15, 0.2) is 0 Å². The molecule has 0 radical (unpaired) electrons. The summed E-state index contributed by atoms with van der Waals surface area (Å²) in [5, 5.41) is 3.00. The van der Waals surface area contributed by atoms with E-state index in [9.17, 15) is 4.79 Å². The number of aromatic nitrogens is 2. The SMILES string of the molecule is Cc1ccc(OCCCCn2c(CCCNC(=O)C(C)C)nc3ccccc32)c(C)c1. The highest BCUT2D eigenvalue weighted by atomic mass is 16.5. The molecule has 1 aromatic heterocycles. The van der Waals surface area contributed by atoms with Gasteiger partial charge in [-0.1, -0.05) is 43.7 Å². The predicted octanol–water partition coefficient (Wildman–Crippen LogP) is 5.22. The van der Waals surface area contributed by atoms with Crippen molar-refractivity contribution in [1.82, 2.24) is 14.9 Å². The molecule has 1 N–H and O–H groups in total. The van der Waals surface area contributed by atoms with E-state index in [1.54, 1.807) is 0 Å². The number of carbonyl (C=O) groups is 1. The van der Waals surface area contributed by atoms with E-state index >= 15 is 0 Å². The number of amides is 1. The topological polar surface area (TPSA) is 56.1 Å². The normalized spacial score (nSPS) is 11.3. The molecule has 5 heteroatoms. The molecule has 5 nitrogen and oxygen atoms in total. The molecule has 166 valence electrons. The third-order valence-electron chi connectivity index (χ3n) is 5.50. The number of nitrogens with one attached hydrogen (secondary N) is 1. The van der Waals surface area contributed by atoms with Gasteiger partial charge in [0.25, 0.3) is 0 Å². The van der Waals surface area contributed by atoms with Gasteiger partial charge in [-0.05, 0) is 56.9 Å². The van der Waals surface area contributed by atoms with E-state index in [0.29, 0.717) is 13.2 Å². The summed E-state index contributed by atoms with van der Waals surface area (Å²) >= 11 is 0. The first-order chi connectivity index (χ1) is 15.0. The monoisotopic (exact) mass is 421 g/mol. The number of hydrogen-bond donors (Lipinski definition) is 1. The number of unbranched alkanes of at least 4 members (excludes halogenated alkanes) is 1. The van der Waals surface area contributed by atoms with Gasteiger partial charge in [0, 0.05) is 25.4 Å². The first-order valence-electron chi connectivity index (χ1n) is 11.4. The number of aryl methyl sites for hydroxylation is 4. The third kappa shape index (κ3) is 6.33. The van der Waals surface area contributed by atoms with Crippen molar-refractivity contribution in [2.45, 2.75) is 59.9 Å². The quantitative estimate of drug-likeness (QED) is 0.432. The van der Waals surface area contributed by atoms with Crippen LogP contribution < -0.4 is 10.1 Å². The van der Waals surface area contributed by atoms with Gasteiger partial charge < -0.3 is 14.6 Å². The molecule has 1 amide bonds. The minimum atomic E-state index is 0.0236. The van der Waals surface area contributed by atoms with E-state index < -0.39 is 0 Å². The van der Waals surface area contributed by atoms with Crippen LogP contribution in [0.2, 0.25) is 0 Å². The van der Waals surface area contributed by atoms with Crippen LogP contribution in [0.15, 0.2) is 42.5 Å². The zero-order valence-corrected chi connectivity index (χ0v) is 19.3. The van der Waals surface area contributed by atoms with Crippen molar-refractivity contribution in [3.63, 3.8) is 0 Å². The third-order valence-corrected chi connectivity index (χ3v) is 5.50. The van der Waals surface area contributed by atoms with Crippen LogP contribution in [-0.2, 0) is 17.8 Å². The van der Waals surface area contributed by atoms with Crippen molar-refractivity contribution >= 4 is 16.9 Å². The van der Waals surface area contributed by atoms with E-state index in [1.807, 2.05) is 19.9 Å². The number of nitrogens with zero attached hydrogens (tertiary/aromatic N) is 2. The van der Waals surface area contributed by atoms with Crippen molar-refractivity contribution in [2.75, 3.05) is 13.2 Å². The number of carbonyl (C=O) groups excluding carboxylic acids is 1. The first kappa shape index (κ1) is 22.9. The zero-order valence-electron chi connectivity index (χ0n) is 19.3. The van der Waals surface area contributed by atoms with Gasteiger partial charge >= 0.3 is 0 Å². The van der Waals surface area contributed by atoms with Crippen LogP contribution in [0.25, 0.3) is 11.0 Å². The summed E-state index contributed by atoms with van der Waals surface area (Å²) in [7, 11) is 0. The molecular formula is C26H35N3O2. The van der Waals surface area contributed by atoms with E-state index in [-0.39, 0.29) is 11.8 Å². The maximum absolute atomic E-state index is 11.8. The number of imidazole rings is 1. The van der Waals surface area contributed by atoms with Gasteiger partial charge in [-0.25, -0.2) is 4.98 Å². The van der Waals surface area contributed by atoms with Crippen LogP contribution in [0.5, 0.6) is 5.75 Å². The molecule has 0 saturated carbocycles. The molecule has 0 fully saturated rings. The molecule has 31 heavy (non-hydrogen) atoms. The minimum Gasteiger partial charge on any atom is -0.493 e. The van der Waals surface area contributed by atoms with Crippen LogP contribution >= 0.6 is 0 Å². The van der Waals surface area contributed by atoms with Crippen molar-refractivity contribution in [1.29, 1.82) is 0 Å². The number of rotatable bonds is 11. The summed E-state index contributed by atoms with van der Waals surface area (Å²) in [5.41, 5.74) is 4.66. The van der Waals surface area contributed by atoms with E-state index in [2.05, 4.69) is 60.1 Å². The van der Waals surface area contributed by atoms with Gasteiger partial charge in [-0.2, -0.15) is 0 Å². The predicted molar refractivity (Wildman–Crippen MR) is 127 cm³/mol. The molecule has 0 aliphatic heterocycles. The second kappa shape index (κ2) is 11.0. The fraction of sp³-hybridized carbons (Fsp3) is 0.462. The Kier molecular flexibility index (Phi) is 8.10. The van der Waals surface area contributed by atoms with Gasteiger partial charge in [0.1, 0.15) is 11.6 Å². The summed E-state index contributed by atoms with van der Waals surface area (Å²) in [6.07, 6.45) is 3.76. The standard InChI is InChI=1S/C26H35N3O2/c1-19(2)26(30)27-15-9-12-25-28-22-10-5-6-11-23(22)29(25)16-7-8-17-31-24-14-13-20(3)18-21(24)4/h5-6,10-11,13-14,18-19H,7-9,12,15-17H2,1-4H3,(H,27,30). The zero-order chi connectivity index (χ0) is 22.2. The fourth-order valence-electron chi connectivity index (χ4n) is 3.74. The Balaban J connectivity index is 1.53. The molecule has 0 atom stereocenters. The molecule has 3 rings (SSSR count). The molecule has 0 bridgehead atoms. The molecular weight excluding hydrogens is 386 g/mol. The lowest BCUT2D eigenvalue weighted by Crippen LogP contribution is -2.28. The summed E-state index contributed by atoms with van der Waals surface area (Å²) in [6.45, 7) is 10.3. The number of fused-ring (bicyclic) bond motifs is 1. The Bertz CT molecular complexity index is 1010. The largest absolute Gasteiger partial charge is 0.493 e. The number of para-hydroxylation sites is 2. The summed E-state index contributed by atoms with van der Waals surface area (Å²) in [6, 6.07) is 14.6. The van der Waals surface area contributed by atoms with Crippen LogP contribution in [0.1, 0.15) is 50.1 Å². The highest BCUT2D eigenvalue weighted by Gasteiger charge is 2.11. The Morgan fingerprint density at radius 3 is 2.68 bits per heavy atom. The molecule has 0 spiro atoms. The Morgan fingerprint density at radius 2 is 1.90 bits per heavy atom. The van der Waals surface area contributed by atoms with Crippen molar-refractivity contribution in [3.8, 4) is 5.75 Å². The van der Waals surface area contributed by atoms with Crippen molar-refractivity contribution < 1.29 is 9.53 Å². The number of benzene rings is 2. The van der Waals surface area contributed by atoms with Crippen LogP contribution in [0, 0.1) is 19.8 Å². The van der Waals surface area contributed by atoms with E-state index in [1.165, 1.54) is 16.6 Å². The molecule has 0 aliphatic rings. The number of ether oxygens (including phenoxy) is 1. The lowest BCUT2D eigenvalue weighted by atomic mass is 10.1. The van der Waals surface area contributed by atoms with Crippen LogP contribution in [0.3, 0.4) is 0 Å². The van der Waals surface area contributed by atoms with Crippen molar-refractivity contribution in [3.05, 3.63) is 59.4 Å². The average Bonchev–Trinajstić information content (AvgIpc) is 3.09. The highest BCUT2D eigenvalue weighted by Crippen LogP contribution is 2.20. The first-order valence-corrected chi connectivity index (χ1v) is 11.4. The summed E-state index contributed by atoms with van der Waals surface area (Å²) in [5.74, 6) is 2.20. The van der Waals surface area contributed by atoms with Crippen molar-refractivity contribution in [2.24, 2.45) is 5.92 Å². The minimum absolute atomic E-state index is 0.0236. The second-order valence-electron chi connectivity index (χ2n) is 8.54. The van der Waals surface area contributed by atoms with Crippen LogP contribution in [-0.4, -0.2) is 28.6 Å². The second-order valence-corrected chi connectivity index (χ2v) is 8.54. The fourth-order valence-corrected chi connectivity index (χ4v) is 3.74. The van der Waals surface area contributed by atoms with E-state index in [0.717, 1.165) is 49.3 Å². The molecule has 3 aromatic rings. The molecule has 0 saturated heterocycles. The number of hydrogen-bond acceptors (Lipinski definition) is 3. The van der Waals surface area contributed by atoms with Crippen LogP contribution in [0.4, 0.5) is 0 Å². The smallest absolute Gasteiger partial charge is 0.222 e. The maximum atomic E-state index is 11.8. The van der Waals surface area contributed by atoms with Gasteiger partial charge in [-0.3, -0.25) is 4.79 Å². The summed E-state index contributed by atoms with van der Waals surface area (Å²) < 4.78 is 8.32. The Morgan fingerprint density at radius 1 is 1.10 bits per heavy atom. The van der Waals surface area contributed by atoms with Gasteiger partial charge in [-0.15, -0.1) is 0 Å². The summed E-state index contributed by atoms with van der Waals surface area (Å²) in [4.78, 5) is 16.6. The molecule has 2 aromatic carbocycles. The lowest BCUT2D eigenvalue weighted by Gasteiger charge is -2.12. The van der Waals surface area contributed by atoms with Gasteiger partial charge in [0.05, 0.1) is 17.6 Å². The van der Waals surface area contributed by atoms with Gasteiger partial charge in [0.2, 0.25) is 5.91 Å². The molecule has 0 aliphatic carbocycles. The molecule has 0 unspecified atom stereocenters. The van der Waals surface area contributed by atoms with E-state index in [4.69, 9.17) is 9.72 Å². The molecule has 1 heterocycles. The Hall–Kier alpha value is -2.82. The average molecular weight is 422 g/mol. The maximum Gasteiger partial charge on any atom is 0.222 e. The lowest BCUT2D eigenvalue weighted by molar-refractivity contribution is -0.123.